The molecule has 0 saturated heterocycles. The quantitative estimate of drug-likeness (QED) is 0.655. The van der Waals surface area contributed by atoms with Crippen LogP contribution in [0.4, 0.5) is 10.8 Å². The van der Waals surface area contributed by atoms with E-state index in [1.807, 2.05) is 0 Å². The van der Waals surface area contributed by atoms with Crippen LogP contribution in [0.5, 0.6) is 5.75 Å². The number of methoxy groups -OCH3 is 1. The second-order valence-electron chi connectivity index (χ2n) is 5.26. The van der Waals surface area contributed by atoms with Crippen molar-refractivity contribution < 1.29 is 14.3 Å². The predicted molar refractivity (Wildman–Crippen MR) is 102 cm³/mol. The van der Waals surface area contributed by atoms with E-state index < -0.39 is 5.91 Å². The number of thiazole rings is 1. The Morgan fingerprint density at radius 2 is 2.11 bits per heavy atom. The monoisotopic (exact) mass is 403 g/mol. The number of rotatable bonds is 6. The van der Waals surface area contributed by atoms with Crippen LogP contribution in [-0.2, 0) is 11.2 Å². The molecular formula is C17H14ClN5O3S. The number of nitrogens with one attached hydrogen (secondary N) is 2. The topological polar surface area (TPSA) is 106 Å². The van der Waals surface area contributed by atoms with E-state index in [-0.39, 0.29) is 18.0 Å². The van der Waals surface area contributed by atoms with Crippen molar-refractivity contribution in [2.45, 2.75) is 6.42 Å². The smallest absolute Gasteiger partial charge is 0.277 e. The van der Waals surface area contributed by atoms with Crippen molar-refractivity contribution in [1.29, 1.82) is 0 Å². The van der Waals surface area contributed by atoms with E-state index in [4.69, 9.17) is 16.3 Å². The van der Waals surface area contributed by atoms with Gasteiger partial charge in [-0.3, -0.25) is 19.9 Å². The van der Waals surface area contributed by atoms with Crippen molar-refractivity contribution in [3.8, 4) is 5.75 Å². The molecule has 0 bridgehead atoms. The molecule has 0 aliphatic carbocycles. The fourth-order valence-corrected chi connectivity index (χ4v) is 3.10. The number of carbonyl (C=O) groups is 2. The predicted octanol–water partition coefficient (Wildman–Crippen LogP) is 3.03. The van der Waals surface area contributed by atoms with E-state index in [0.29, 0.717) is 27.3 Å². The first kappa shape index (κ1) is 18.7. The zero-order chi connectivity index (χ0) is 19.2. The lowest BCUT2D eigenvalue weighted by atomic mass is 10.2. The lowest BCUT2D eigenvalue weighted by Gasteiger charge is -2.07. The molecule has 3 aromatic rings. The van der Waals surface area contributed by atoms with Gasteiger partial charge in [0.15, 0.2) is 5.13 Å². The summed E-state index contributed by atoms with van der Waals surface area (Å²) in [4.78, 5) is 36.2. The van der Waals surface area contributed by atoms with Crippen LogP contribution in [0.15, 0.2) is 42.2 Å². The first-order chi connectivity index (χ1) is 13.0. The number of anilines is 2. The summed E-state index contributed by atoms with van der Waals surface area (Å²) in [6.07, 6.45) is 4.32. The zero-order valence-corrected chi connectivity index (χ0v) is 15.7. The van der Waals surface area contributed by atoms with Gasteiger partial charge >= 0.3 is 0 Å². The first-order valence-corrected chi connectivity index (χ1v) is 8.96. The molecule has 0 fully saturated rings. The minimum Gasteiger partial charge on any atom is -0.495 e. The van der Waals surface area contributed by atoms with Crippen LogP contribution < -0.4 is 15.4 Å². The molecule has 8 nitrogen and oxygen atoms in total. The Bertz CT molecular complexity index is 964. The third kappa shape index (κ3) is 4.99. The van der Waals surface area contributed by atoms with E-state index in [9.17, 15) is 9.59 Å². The summed E-state index contributed by atoms with van der Waals surface area (Å²) in [7, 11) is 1.52. The minimum absolute atomic E-state index is 0.0567. The Morgan fingerprint density at radius 1 is 1.26 bits per heavy atom. The fourth-order valence-electron chi connectivity index (χ4n) is 2.14. The zero-order valence-electron chi connectivity index (χ0n) is 14.1. The molecule has 2 N–H and O–H groups in total. The van der Waals surface area contributed by atoms with Gasteiger partial charge in [-0.05, 0) is 18.2 Å². The second kappa shape index (κ2) is 8.56. The lowest BCUT2D eigenvalue weighted by Crippen LogP contribution is -2.15. The van der Waals surface area contributed by atoms with Gasteiger partial charge in [-0.15, -0.1) is 11.3 Å². The number of benzene rings is 1. The number of ether oxygens (including phenoxy) is 1. The summed E-state index contributed by atoms with van der Waals surface area (Å²) in [6.45, 7) is 0. The van der Waals surface area contributed by atoms with Gasteiger partial charge in [-0.1, -0.05) is 11.6 Å². The molecule has 0 atom stereocenters. The Balaban J connectivity index is 1.58. The van der Waals surface area contributed by atoms with Crippen LogP contribution in [0.3, 0.4) is 0 Å². The van der Waals surface area contributed by atoms with Crippen molar-refractivity contribution in [2.75, 3.05) is 17.7 Å². The van der Waals surface area contributed by atoms with Gasteiger partial charge in [-0.25, -0.2) is 9.97 Å². The van der Waals surface area contributed by atoms with Gasteiger partial charge < -0.3 is 10.1 Å². The molecule has 27 heavy (non-hydrogen) atoms. The highest BCUT2D eigenvalue weighted by Crippen LogP contribution is 2.27. The van der Waals surface area contributed by atoms with Crippen LogP contribution in [0.2, 0.25) is 5.02 Å². The summed E-state index contributed by atoms with van der Waals surface area (Å²) < 4.78 is 5.07. The standard InChI is InChI=1S/C17H14ClN5O3S/c1-26-14-3-2-10(6-12(14)18)21-15(24)7-11-9-27-17(22-11)23-16(25)13-8-19-4-5-20-13/h2-6,8-9H,7H2,1H3,(H,21,24)(H,22,23,25). The van der Waals surface area contributed by atoms with Crippen molar-refractivity contribution >= 4 is 45.6 Å². The van der Waals surface area contributed by atoms with Crippen LogP contribution in [0.25, 0.3) is 0 Å². The molecule has 0 spiro atoms. The average molecular weight is 404 g/mol. The van der Waals surface area contributed by atoms with E-state index in [1.165, 1.54) is 37.0 Å². The molecule has 2 amide bonds. The van der Waals surface area contributed by atoms with Crippen LogP contribution in [-0.4, -0.2) is 33.9 Å². The number of hydrogen-bond acceptors (Lipinski definition) is 7. The maximum atomic E-state index is 12.2. The minimum atomic E-state index is -0.415. The molecule has 0 radical (unpaired) electrons. The molecule has 2 heterocycles. The maximum absolute atomic E-state index is 12.2. The highest BCUT2D eigenvalue weighted by Gasteiger charge is 2.13. The van der Waals surface area contributed by atoms with E-state index in [0.717, 1.165) is 0 Å². The normalized spacial score (nSPS) is 10.3. The third-order valence-corrected chi connectivity index (χ3v) is 4.45. The molecule has 2 aromatic heterocycles. The highest BCUT2D eigenvalue weighted by molar-refractivity contribution is 7.14. The lowest BCUT2D eigenvalue weighted by molar-refractivity contribution is -0.115. The molecular weight excluding hydrogens is 390 g/mol. The second-order valence-corrected chi connectivity index (χ2v) is 6.53. The Morgan fingerprint density at radius 3 is 2.81 bits per heavy atom. The number of nitrogens with zero attached hydrogens (tertiary/aromatic N) is 3. The molecule has 3 rings (SSSR count). The van der Waals surface area contributed by atoms with Crippen molar-refractivity contribution in [2.24, 2.45) is 0 Å². The SMILES string of the molecule is COc1ccc(NC(=O)Cc2csc(NC(=O)c3cnccn3)n2)cc1Cl. The Labute approximate surface area is 163 Å². The van der Waals surface area contributed by atoms with Gasteiger partial charge in [0.25, 0.3) is 5.91 Å². The number of hydrogen-bond donors (Lipinski definition) is 2. The Kier molecular flexibility index (Phi) is 5.94. The third-order valence-electron chi connectivity index (χ3n) is 3.35. The molecule has 0 aliphatic rings. The van der Waals surface area contributed by atoms with Crippen molar-refractivity contribution in [1.82, 2.24) is 15.0 Å². The number of aromatic nitrogens is 3. The average Bonchev–Trinajstić information content (AvgIpc) is 3.09. The number of halogens is 1. The van der Waals surface area contributed by atoms with Crippen LogP contribution in [0.1, 0.15) is 16.2 Å². The van der Waals surface area contributed by atoms with Gasteiger partial charge in [0.05, 0.1) is 30.4 Å². The number of carbonyl (C=O) groups excluding carboxylic acids is 2. The maximum Gasteiger partial charge on any atom is 0.277 e. The summed E-state index contributed by atoms with van der Waals surface area (Å²) in [5, 5.41) is 7.84. The van der Waals surface area contributed by atoms with Gasteiger partial charge in [0.1, 0.15) is 11.4 Å². The molecule has 0 saturated carbocycles. The molecule has 0 aliphatic heterocycles. The van der Waals surface area contributed by atoms with Crippen LogP contribution >= 0.6 is 22.9 Å². The largest absolute Gasteiger partial charge is 0.495 e. The molecule has 10 heteroatoms. The van der Waals surface area contributed by atoms with Crippen LogP contribution in [0, 0.1) is 0 Å². The van der Waals surface area contributed by atoms with Gasteiger partial charge in [0, 0.05) is 23.5 Å². The number of amides is 2. The summed E-state index contributed by atoms with van der Waals surface area (Å²) >= 11 is 7.26. The molecule has 138 valence electrons. The summed E-state index contributed by atoms with van der Waals surface area (Å²) in [5.41, 5.74) is 1.27. The van der Waals surface area contributed by atoms with E-state index in [1.54, 1.807) is 23.6 Å². The summed E-state index contributed by atoms with van der Waals surface area (Å²) in [6, 6.07) is 4.96. The molecule has 1 aromatic carbocycles. The first-order valence-electron chi connectivity index (χ1n) is 7.70. The highest BCUT2D eigenvalue weighted by atomic mass is 35.5. The Hall–Kier alpha value is -3.04. The van der Waals surface area contributed by atoms with Gasteiger partial charge in [-0.2, -0.15) is 0 Å². The van der Waals surface area contributed by atoms with Crippen molar-refractivity contribution in [3.63, 3.8) is 0 Å². The van der Waals surface area contributed by atoms with Crippen molar-refractivity contribution in [3.05, 3.63) is 58.6 Å². The van der Waals surface area contributed by atoms with E-state index >= 15 is 0 Å². The fraction of sp³-hybridized carbons (Fsp3) is 0.118. The van der Waals surface area contributed by atoms with E-state index in [2.05, 4.69) is 25.6 Å². The summed E-state index contributed by atoms with van der Waals surface area (Å²) in [5.74, 6) is -0.146. The molecule has 0 unspecified atom stereocenters. The van der Waals surface area contributed by atoms with Gasteiger partial charge in [0.2, 0.25) is 5.91 Å².